The number of aliphatic hydroxyl groups is 1. The predicted octanol–water partition coefficient (Wildman–Crippen LogP) is 4.17. The van der Waals surface area contributed by atoms with Crippen LogP contribution in [0.25, 0.3) is 10.7 Å². The number of esters is 1. The van der Waals surface area contributed by atoms with Gasteiger partial charge in [-0.15, -0.1) is 16.4 Å². The van der Waals surface area contributed by atoms with E-state index in [0.717, 1.165) is 5.01 Å². The number of methoxy groups -OCH3 is 1. The van der Waals surface area contributed by atoms with Gasteiger partial charge in [0.15, 0.2) is 11.9 Å². The molecule has 17 nitrogen and oxygen atoms in total. The van der Waals surface area contributed by atoms with Gasteiger partial charge in [0.1, 0.15) is 34.6 Å². The second-order valence-electron chi connectivity index (χ2n) is 17.3. The molecular formula is C41H65N7O10S. The summed E-state index contributed by atoms with van der Waals surface area (Å²) in [6.07, 6.45) is 0.943. The summed E-state index contributed by atoms with van der Waals surface area (Å²) < 4.78 is 33.0. The highest BCUT2D eigenvalue weighted by molar-refractivity contribution is 7.13. The number of amides is 2. The highest BCUT2D eigenvalue weighted by atomic mass is 32.1. The van der Waals surface area contributed by atoms with Crippen molar-refractivity contribution < 1.29 is 48.0 Å². The number of rotatable bonds is 11. The number of nitrogens with zero attached hydrogens (tertiary/aromatic N) is 7. The molecule has 330 valence electrons. The van der Waals surface area contributed by atoms with Crippen molar-refractivity contribution in [3.63, 3.8) is 0 Å². The van der Waals surface area contributed by atoms with Gasteiger partial charge in [-0.3, -0.25) is 24.0 Å². The Morgan fingerprint density at radius 2 is 1.83 bits per heavy atom. The Morgan fingerprint density at radius 1 is 1.12 bits per heavy atom. The Bertz CT molecular complexity index is 1750. The number of Topliss-reactive ketones (excluding diaryl/α,β-unsaturated/α-hetero) is 1. The Hall–Kier alpha value is -3.55. The van der Waals surface area contributed by atoms with Crippen LogP contribution in [-0.4, -0.2) is 158 Å². The van der Waals surface area contributed by atoms with Crippen molar-refractivity contribution in [2.75, 3.05) is 34.3 Å². The molecule has 0 aliphatic carbocycles. The van der Waals surface area contributed by atoms with Gasteiger partial charge in [-0.25, -0.2) is 9.78 Å². The Balaban J connectivity index is 1.44. The maximum absolute atomic E-state index is 14.1. The number of fused-ring (bicyclic) bond motifs is 1. The number of aryl methyl sites for hydroxylation is 1. The van der Waals surface area contributed by atoms with E-state index in [1.54, 1.807) is 27.6 Å². The third kappa shape index (κ3) is 10.3. The molecule has 2 amide bonds. The Labute approximate surface area is 352 Å². The average molecular weight is 848 g/mol. The number of hydrogen-bond donors (Lipinski definition) is 1. The quantitative estimate of drug-likeness (QED) is 0.193. The summed E-state index contributed by atoms with van der Waals surface area (Å²) in [5.74, 6) is -2.84. The van der Waals surface area contributed by atoms with Crippen molar-refractivity contribution in [2.24, 2.45) is 11.8 Å². The number of ketones is 1. The largest absolute Gasteiger partial charge is 0.458 e. The van der Waals surface area contributed by atoms with Crippen molar-refractivity contribution in [2.45, 2.75) is 160 Å². The second-order valence-corrected chi connectivity index (χ2v) is 18.2. The van der Waals surface area contributed by atoms with Crippen LogP contribution in [0.15, 0.2) is 17.8 Å². The fourth-order valence-electron chi connectivity index (χ4n) is 9.12. The summed E-state index contributed by atoms with van der Waals surface area (Å²) in [4.78, 5) is 65.3. The third-order valence-corrected chi connectivity index (χ3v) is 13.3. The van der Waals surface area contributed by atoms with Crippen molar-refractivity contribution >= 4 is 35.1 Å². The molecule has 3 saturated heterocycles. The topological polar surface area (TPSA) is 188 Å². The van der Waals surface area contributed by atoms with Crippen molar-refractivity contribution in [1.82, 2.24) is 34.7 Å². The summed E-state index contributed by atoms with van der Waals surface area (Å²) in [7, 11) is 5.30. The molecule has 5 heterocycles. The third-order valence-electron chi connectivity index (χ3n) is 12.5. The molecule has 2 unspecified atom stereocenters. The fourth-order valence-corrected chi connectivity index (χ4v) is 9.71. The van der Waals surface area contributed by atoms with Crippen LogP contribution in [0.2, 0.25) is 0 Å². The minimum Gasteiger partial charge on any atom is -0.458 e. The van der Waals surface area contributed by atoms with Crippen LogP contribution >= 0.6 is 11.3 Å². The van der Waals surface area contributed by atoms with E-state index in [1.807, 2.05) is 65.2 Å². The van der Waals surface area contributed by atoms with Crippen LogP contribution in [0, 0.1) is 11.8 Å². The highest BCUT2D eigenvalue weighted by Crippen LogP contribution is 2.41. The first-order chi connectivity index (χ1) is 27.8. The van der Waals surface area contributed by atoms with Crippen LogP contribution in [0.3, 0.4) is 0 Å². The maximum atomic E-state index is 14.1. The fraction of sp³-hybridized carbons (Fsp3) is 0.780. The van der Waals surface area contributed by atoms with Gasteiger partial charge in [-0.2, -0.15) is 0 Å². The second kappa shape index (κ2) is 19.4. The first kappa shape index (κ1) is 46.5. The SMILES string of the molecule is CC[C@H]1OC(=O)[C@H](C)C(=O)C[C@@H](O[C@@H]2O[C@H](C)CC(N(C)C)C2O)[C@@](C)(OC)C[C@@H](C)CN(C(C)=O)[C@H](C)[C@H]2N(CCCCn3cc(-c4nccs4)nn3)C(=O)O[C@]12C. The number of cyclic esters (lactones) is 1. The summed E-state index contributed by atoms with van der Waals surface area (Å²) in [5, 5.41) is 22.5. The summed E-state index contributed by atoms with van der Waals surface area (Å²) in [5.41, 5.74) is -1.82. The Morgan fingerprint density at radius 3 is 2.46 bits per heavy atom. The molecular weight excluding hydrogens is 783 g/mol. The smallest absolute Gasteiger partial charge is 0.410 e. The molecule has 0 bridgehead atoms. The molecule has 0 spiro atoms. The molecule has 59 heavy (non-hydrogen) atoms. The highest BCUT2D eigenvalue weighted by Gasteiger charge is 2.59. The molecule has 3 aliphatic rings. The first-order valence-electron chi connectivity index (χ1n) is 20.8. The summed E-state index contributed by atoms with van der Waals surface area (Å²) >= 11 is 1.48. The van der Waals surface area contributed by atoms with Crippen LogP contribution < -0.4 is 0 Å². The van der Waals surface area contributed by atoms with E-state index in [2.05, 4.69) is 15.3 Å². The standard InChI is InChI=1S/C41H65N7O10S/c1-12-32-41(8)35(47(39(53)58-41)17-14-13-16-46-23-29(43-44-46)36-42-15-18-59-36)27(5)48(28(6)49)22-24(2)21-40(7,54-11)33(20-31(50)26(4)37(52)56-32)57-38-34(51)30(45(9)10)19-25(3)55-38/h15,18,23-27,30,32-35,38,51H,12-14,16-17,19-22H2,1-11H3/t24-,25-,26-,27-,30?,32-,33-,34?,35-,38+,40+,41-/m1/s1. The number of ether oxygens (including phenoxy) is 5. The van der Waals surface area contributed by atoms with Crippen LogP contribution in [0.4, 0.5) is 4.79 Å². The number of carbonyl (C=O) groups excluding carboxylic acids is 4. The maximum Gasteiger partial charge on any atom is 0.410 e. The van der Waals surface area contributed by atoms with Gasteiger partial charge in [0.05, 0.1) is 36.1 Å². The minimum atomic E-state index is -1.38. The van der Waals surface area contributed by atoms with E-state index in [4.69, 9.17) is 23.7 Å². The van der Waals surface area contributed by atoms with Gasteiger partial charge in [-0.05, 0) is 86.7 Å². The minimum absolute atomic E-state index is 0.208. The van der Waals surface area contributed by atoms with E-state index in [9.17, 15) is 24.3 Å². The van der Waals surface area contributed by atoms with Gasteiger partial charge in [0.25, 0.3) is 0 Å². The summed E-state index contributed by atoms with van der Waals surface area (Å²) in [6, 6.07) is -1.56. The van der Waals surface area contributed by atoms with E-state index < -0.39 is 71.7 Å². The number of aromatic nitrogens is 4. The van der Waals surface area contributed by atoms with Gasteiger partial charge >= 0.3 is 12.1 Å². The predicted molar refractivity (Wildman–Crippen MR) is 218 cm³/mol. The molecule has 0 aromatic carbocycles. The van der Waals surface area contributed by atoms with Gasteiger partial charge < -0.3 is 38.6 Å². The van der Waals surface area contributed by atoms with Crippen molar-refractivity contribution in [3.8, 4) is 10.7 Å². The molecule has 0 radical (unpaired) electrons. The zero-order valence-corrected chi connectivity index (χ0v) is 37.3. The number of carbonyl (C=O) groups is 4. The molecule has 3 aliphatic heterocycles. The number of hydrogen-bond acceptors (Lipinski definition) is 15. The van der Waals surface area contributed by atoms with Crippen LogP contribution in [0.5, 0.6) is 0 Å². The number of aliphatic hydroxyl groups excluding tert-OH is 1. The molecule has 1 N–H and O–H groups in total. The number of likely N-dealkylation sites (N-methyl/N-ethyl adjacent to an activating group) is 1. The lowest BCUT2D eigenvalue weighted by molar-refractivity contribution is -0.289. The van der Waals surface area contributed by atoms with Crippen molar-refractivity contribution in [1.29, 1.82) is 0 Å². The lowest BCUT2D eigenvalue weighted by Crippen LogP contribution is -2.62. The average Bonchev–Trinajstić information content (AvgIpc) is 3.94. The molecule has 0 saturated carbocycles. The lowest BCUT2D eigenvalue weighted by atomic mass is 9.82. The Kier molecular flexibility index (Phi) is 15.3. The van der Waals surface area contributed by atoms with Crippen molar-refractivity contribution in [3.05, 3.63) is 17.8 Å². The van der Waals surface area contributed by atoms with E-state index >= 15 is 0 Å². The molecule has 5 rings (SSSR count). The zero-order valence-electron chi connectivity index (χ0n) is 36.5. The summed E-state index contributed by atoms with van der Waals surface area (Å²) in [6.45, 7) is 15.3. The molecule has 2 aromatic rings. The van der Waals surface area contributed by atoms with Crippen LogP contribution in [0.1, 0.15) is 93.9 Å². The van der Waals surface area contributed by atoms with Gasteiger partial charge in [0, 0.05) is 57.7 Å². The van der Waals surface area contributed by atoms with Gasteiger partial charge in [0.2, 0.25) is 5.91 Å². The number of unbranched alkanes of at least 4 members (excludes halogenated alkanes) is 1. The monoisotopic (exact) mass is 847 g/mol. The zero-order chi connectivity index (χ0) is 43.4. The lowest BCUT2D eigenvalue weighted by Gasteiger charge is -2.46. The van der Waals surface area contributed by atoms with Gasteiger partial charge in [-0.1, -0.05) is 19.1 Å². The van der Waals surface area contributed by atoms with E-state index in [-0.39, 0.29) is 43.4 Å². The first-order valence-corrected chi connectivity index (χ1v) is 21.7. The molecule has 2 aromatic heterocycles. The number of thiazole rings is 1. The molecule has 3 fully saturated rings. The van der Waals surface area contributed by atoms with E-state index in [0.29, 0.717) is 44.5 Å². The van der Waals surface area contributed by atoms with Crippen LogP contribution in [-0.2, 0) is 44.6 Å². The van der Waals surface area contributed by atoms with E-state index in [1.165, 1.54) is 32.3 Å². The normalized spacial score (nSPS) is 35.2. The molecule has 12 atom stereocenters. The molecule has 18 heteroatoms.